The maximum absolute atomic E-state index is 12.8. The molecule has 39 heavy (non-hydrogen) atoms. The van der Waals surface area contributed by atoms with Gasteiger partial charge >= 0.3 is 0 Å². The van der Waals surface area contributed by atoms with E-state index in [0.717, 1.165) is 30.7 Å². The van der Waals surface area contributed by atoms with Gasteiger partial charge in [-0.3, -0.25) is 0 Å². The van der Waals surface area contributed by atoms with Gasteiger partial charge in [-0.05, 0) is 69.4 Å². The molecule has 4 rings (SSSR count). The molecule has 0 aliphatic carbocycles. The lowest BCUT2D eigenvalue weighted by atomic mass is 9.74. The number of fused-ring (bicyclic) bond motifs is 1. The van der Waals surface area contributed by atoms with Crippen molar-refractivity contribution in [2.24, 2.45) is 0 Å². The van der Waals surface area contributed by atoms with Crippen LogP contribution < -0.4 is 14.2 Å². The number of halogens is 1. The Labute approximate surface area is 243 Å². The Morgan fingerprint density at radius 1 is 0.949 bits per heavy atom. The Balaban J connectivity index is 0.00000205. The molecule has 0 radical (unpaired) electrons. The van der Waals surface area contributed by atoms with Gasteiger partial charge in [0.05, 0.1) is 32.8 Å². The third kappa shape index (κ3) is 6.90. The van der Waals surface area contributed by atoms with E-state index in [4.69, 9.17) is 19.2 Å². The minimum absolute atomic E-state index is 0.367. The van der Waals surface area contributed by atoms with Crippen LogP contribution in [0.5, 0.6) is 17.6 Å². The average Bonchev–Trinajstić information content (AvgIpc) is 3.37. The number of pyridine rings is 2. The Morgan fingerprint density at radius 2 is 1.62 bits per heavy atom. The maximum Gasteiger partial charge on any atom is 0.217 e. The lowest BCUT2D eigenvalue weighted by molar-refractivity contribution is 0.00423. The summed E-state index contributed by atoms with van der Waals surface area (Å²) in [5, 5.41) is 13.8. The van der Waals surface area contributed by atoms with E-state index in [0.29, 0.717) is 36.2 Å². The fraction of sp³-hybridized carbons (Fsp3) is 0.400. The molecule has 1 N–H and O–H groups in total. The van der Waals surface area contributed by atoms with E-state index < -0.39 is 11.5 Å². The second-order valence-corrected chi connectivity index (χ2v) is 11.5. The molecule has 0 aliphatic heterocycles. The van der Waals surface area contributed by atoms with Crippen molar-refractivity contribution in [3.63, 3.8) is 0 Å². The van der Waals surface area contributed by atoms with Crippen molar-refractivity contribution in [1.29, 1.82) is 0 Å². The first-order valence-corrected chi connectivity index (χ1v) is 14.5. The van der Waals surface area contributed by atoms with Crippen LogP contribution in [0.3, 0.4) is 0 Å². The van der Waals surface area contributed by atoms with E-state index in [9.17, 15) is 5.11 Å². The highest BCUT2D eigenvalue weighted by atomic mass is 79.9. The van der Waals surface area contributed by atoms with Gasteiger partial charge in [-0.1, -0.05) is 29.8 Å². The first-order chi connectivity index (χ1) is 18.7. The van der Waals surface area contributed by atoms with Gasteiger partial charge in [0.25, 0.3) is 0 Å². The molecule has 0 saturated heterocycles. The standard InChI is InChI=1S/C28H32BrN3O4S.C2H6/c1-17-7-10-23(37-17)26(21-14-18-13-20(29)8-9-22(18)30-27(21)36-6)28(33,11-12-32(2)3)19-15-24(34-4)31-25(16-19)35-5;1-2/h7-10,13-16,26,33H,11-12H2,1-6H3;1-2H3. The number of benzene rings is 1. The lowest BCUT2D eigenvalue weighted by Crippen LogP contribution is -2.37. The SMILES string of the molecule is CC.COc1cc(C(O)(CCN(C)C)C(c2ccc(C)s2)c2cc3cc(Br)ccc3nc2OC)cc(OC)n1. The number of aliphatic hydroxyl groups is 1. The Hall–Kier alpha value is -2.72. The van der Waals surface area contributed by atoms with Crippen LogP contribution in [0.2, 0.25) is 0 Å². The topological polar surface area (TPSA) is 76.9 Å². The van der Waals surface area contributed by atoms with Crippen LogP contribution in [0.1, 0.15) is 47.1 Å². The largest absolute Gasteiger partial charge is 0.481 e. The third-order valence-corrected chi connectivity index (χ3v) is 7.99. The molecule has 4 aromatic rings. The zero-order chi connectivity index (χ0) is 28.7. The number of aryl methyl sites for hydroxylation is 1. The molecule has 7 nitrogen and oxygen atoms in total. The summed E-state index contributed by atoms with van der Waals surface area (Å²) in [6, 6.07) is 15.7. The Morgan fingerprint density at radius 3 is 2.15 bits per heavy atom. The summed E-state index contributed by atoms with van der Waals surface area (Å²) in [7, 11) is 8.71. The first kappa shape index (κ1) is 30.8. The van der Waals surface area contributed by atoms with E-state index in [1.54, 1.807) is 44.8 Å². The van der Waals surface area contributed by atoms with Crippen molar-refractivity contribution >= 4 is 38.2 Å². The number of thiophene rings is 1. The van der Waals surface area contributed by atoms with Crippen LogP contribution in [0.4, 0.5) is 0 Å². The van der Waals surface area contributed by atoms with Gasteiger partial charge in [0.2, 0.25) is 17.6 Å². The molecule has 3 heterocycles. The summed E-state index contributed by atoms with van der Waals surface area (Å²) in [6.07, 6.45) is 0.428. The molecule has 0 bridgehead atoms. The lowest BCUT2D eigenvalue weighted by Gasteiger charge is -2.38. The Kier molecular flexibility index (Phi) is 10.7. The van der Waals surface area contributed by atoms with E-state index in [2.05, 4.69) is 50.9 Å². The molecule has 0 saturated carbocycles. The van der Waals surface area contributed by atoms with Crippen molar-refractivity contribution in [2.75, 3.05) is 42.0 Å². The van der Waals surface area contributed by atoms with Crippen molar-refractivity contribution < 1.29 is 19.3 Å². The van der Waals surface area contributed by atoms with Gasteiger partial charge in [-0.2, -0.15) is 4.98 Å². The number of hydrogen-bond donors (Lipinski definition) is 1. The van der Waals surface area contributed by atoms with Gasteiger partial charge in [-0.15, -0.1) is 11.3 Å². The number of nitrogens with zero attached hydrogens (tertiary/aromatic N) is 3. The Bertz CT molecular complexity index is 1370. The fourth-order valence-corrected chi connectivity index (χ4v) is 6.02. The summed E-state index contributed by atoms with van der Waals surface area (Å²) in [5.41, 5.74) is 0.880. The number of ether oxygens (including phenoxy) is 3. The zero-order valence-electron chi connectivity index (χ0n) is 23.9. The van der Waals surface area contributed by atoms with E-state index in [1.807, 2.05) is 46.1 Å². The molecular formula is C30H38BrN3O4S. The molecule has 0 amide bonds. The molecule has 210 valence electrons. The van der Waals surface area contributed by atoms with E-state index in [1.165, 1.54) is 0 Å². The summed E-state index contributed by atoms with van der Waals surface area (Å²) in [4.78, 5) is 13.4. The summed E-state index contributed by atoms with van der Waals surface area (Å²) in [5.74, 6) is 0.716. The average molecular weight is 617 g/mol. The molecule has 0 fully saturated rings. The first-order valence-electron chi connectivity index (χ1n) is 12.9. The molecule has 0 spiro atoms. The number of rotatable bonds is 10. The molecule has 9 heteroatoms. The normalized spacial score (nSPS) is 13.4. The van der Waals surface area contributed by atoms with Crippen molar-refractivity contribution in [1.82, 2.24) is 14.9 Å². The smallest absolute Gasteiger partial charge is 0.217 e. The zero-order valence-corrected chi connectivity index (χ0v) is 26.3. The van der Waals surface area contributed by atoms with Gasteiger partial charge in [0, 0.05) is 43.9 Å². The van der Waals surface area contributed by atoms with Crippen LogP contribution in [-0.2, 0) is 5.60 Å². The fourth-order valence-electron chi connectivity index (χ4n) is 4.56. The van der Waals surface area contributed by atoms with Crippen molar-refractivity contribution in [3.05, 3.63) is 73.9 Å². The summed E-state index contributed by atoms with van der Waals surface area (Å²) >= 11 is 5.23. The highest BCUT2D eigenvalue weighted by molar-refractivity contribution is 9.10. The monoisotopic (exact) mass is 615 g/mol. The van der Waals surface area contributed by atoms with Crippen LogP contribution in [-0.4, -0.2) is 61.9 Å². The molecule has 3 aromatic heterocycles. The predicted molar refractivity (Wildman–Crippen MR) is 163 cm³/mol. The van der Waals surface area contributed by atoms with E-state index in [-0.39, 0.29) is 0 Å². The summed E-state index contributed by atoms with van der Waals surface area (Å²) < 4.78 is 17.7. The second-order valence-electron chi connectivity index (χ2n) is 9.22. The van der Waals surface area contributed by atoms with E-state index >= 15 is 0 Å². The second kappa shape index (κ2) is 13.6. The van der Waals surface area contributed by atoms with Crippen LogP contribution in [0.15, 0.2) is 53.0 Å². The van der Waals surface area contributed by atoms with Crippen molar-refractivity contribution in [2.45, 2.75) is 38.7 Å². The van der Waals surface area contributed by atoms with Gasteiger partial charge in [0.15, 0.2) is 0 Å². The minimum Gasteiger partial charge on any atom is -0.481 e. The predicted octanol–water partition coefficient (Wildman–Crippen LogP) is 6.79. The minimum atomic E-state index is -1.38. The quantitative estimate of drug-likeness (QED) is 0.210. The van der Waals surface area contributed by atoms with Crippen LogP contribution in [0.25, 0.3) is 10.9 Å². The third-order valence-electron chi connectivity index (χ3n) is 6.43. The molecule has 2 unspecified atom stereocenters. The van der Waals surface area contributed by atoms with Crippen LogP contribution >= 0.6 is 27.3 Å². The molecule has 0 aliphatic rings. The maximum atomic E-state index is 12.8. The highest BCUT2D eigenvalue weighted by Crippen LogP contribution is 2.50. The molecular weight excluding hydrogens is 578 g/mol. The van der Waals surface area contributed by atoms with Gasteiger partial charge < -0.3 is 24.2 Å². The molecule has 2 atom stereocenters. The number of aromatic nitrogens is 2. The van der Waals surface area contributed by atoms with Crippen LogP contribution in [0, 0.1) is 6.92 Å². The van der Waals surface area contributed by atoms with Gasteiger partial charge in [0.1, 0.15) is 5.60 Å². The molecule has 1 aromatic carbocycles. The van der Waals surface area contributed by atoms with Gasteiger partial charge in [-0.25, -0.2) is 4.98 Å². The number of methoxy groups -OCH3 is 3. The summed E-state index contributed by atoms with van der Waals surface area (Å²) in [6.45, 7) is 6.70. The van der Waals surface area contributed by atoms with Crippen molar-refractivity contribution in [3.8, 4) is 17.6 Å². The number of hydrogen-bond acceptors (Lipinski definition) is 8. The highest BCUT2D eigenvalue weighted by Gasteiger charge is 2.44.